The van der Waals surface area contributed by atoms with E-state index >= 15 is 0 Å². The topological polar surface area (TPSA) is 72.8 Å². The van der Waals surface area contributed by atoms with Gasteiger partial charge in [0.25, 0.3) is 0 Å². The molecule has 5 nitrogen and oxygen atoms in total. The van der Waals surface area contributed by atoms with E-state index in [9.17, 15) is 9.59 Å². The molecule has 0 aliphatic heterocycles. The van der Waals surface area contributed by atoms with Crippen LogP contribution in [-0.2, 0) is 19.1 Å². The predicted octanol–water partition coefficient (Wildman–Crippen LogP) is 1.77. The van der Waals surface area contributed by atoms with Crippen LogP contribution in [-0.4, -0.2) is 36.9 Å². The van der Waals surface area contributed by atoms with Gasteiger partial charge in [0.05, 0.1) is 19.1 Å². The lowest BCUT2D eigenvalue weighted by atomic mass is 9.88. The highest BCUT2D eigenvalue weighted by atomic mass is 16.5. The Morgan fingerprint density at radius 1 is 1.28 bits per heavy atom. The lowest BCUT2D eigenvalue weighted by molar-refractivity contribution is -0.146. The van der Waals surface area contributed by atoms with E-state index < -0.39 is 11.9 Å². The van der Waals surface area contributed by atoms with Gasteiger partial charge in [0.15, 0.2) is 0 Å². The van der Waals surface area contributed by atoms with E-state index in [2.05, 4.69) is 6.58 Å². The van der Waals surface area contributed by atoms with E-state index in [0.717, 1.165) is 25.7 Å². The number of ether oxygens (including phenoxy) is 2. The highest BCUT2D eigenvalue weighted by Crippen LogP contribution is 2.26. The minimum Gasteiger partial charge on any atom is -0.478 e. The molecule has 5 heteroatoms. The van der Waals surface area contributed by atoms with Gasteiger partial charge in [0, 0.05) is 12.7 Å². The minimum absolute atomic E-state index is 0.136. The average molecular weight is 256 g/mol. The normalized spacial score (nSPS) is 23.4. The lowest BCUT2D eigenvalue weighted by Gasteiger charge is -2.27. The third-order valence-corrected chi connectivity index (χ3v) is 3.27. The molecule has 0 radical (unpaired) electrons. The molecule has 18 heavy (non-hydrogen) atoms. The van der Waals surface area contributed by atoms with Crippen LogP contribution >= 0.6 is 0 Å². The summed E-state index contributed by atoms with van der Waals surface area (Å²) >= 11 is 0. The molecule has 1 N–H and O–H groups in total. The van der Waals surface area contributed by atoms with Crippen LogP contribution in [0.5, 0.6) is 0 Å². The summed E-state index contributed by atoms with van der Waals surface area (Å²) in [6.07, 6.45) is 4.00. The van der Waals surface area contributed by atoms with Crippen molar-refractivity contribution in [3.05, 3.63) is 12.2 Å². The molecule has 1 aliphatic carbocycles. The predicted molar refractivity (Wildman–Crippen MR) is 65.1 cm³/mol. The van der Waals surface area contributed by atoms with Gasteiger partial charge in [0.1, 0.15) is 0 Å². The summed E-state index contributed by atoms with van der Waals surface area (Å²) in [5, 5.41) is 8.58. The first-order chi connectivity index (χ1) is 8.52. The molecule has 0 aromatic carbocycles. The van der Waals surface area contributed by atoms with Gasteiger partial charge in [-0.05, 0) is 31.6 Å². The molecule has 0 aromatic heterocycles. The number of aliphatic carboxylic acids is 1. The molecule has 1 rings (SSSR count). The number of carbonyl (C=O) groups excluding carboxylic acids is 1. The van der Waals surface area contributed by atoms with Gasteiger partial charge in [-0.15, -0.1) is 0 Å². The summed E-state index contributed by atoms with van der Waals surface area (Å²) in [5.41, 5.74) is -0.136. The lowest BCUT2D eigenvalue weighted by Crippen LogP contribution is -2.24. The van der Waals surface area contributed by atoms with Crippen molar-refractivity contribution in [2.24, 2.45) is 5.92 Å². The van der Waals surface area contributed by atoms with Crippen LogP contribution in [0.3, 0.4) is 0 Å². The summed E-state index contributed by atoms with van der Waals surface area (Å²) in [4.78, 5) is 21.8. The van der Waals surface area contributed by atoms with Crippen molar-refractivity contribution in [1.82, 2.24) is 0 Å². The molecule has 1 aliphatic rings. The number of hydrogen-bond acceptors (Lipinski definition) is 4. The van der Waals surface area contributed by atoms with Gasteiger partial charge in [-0.2, -0.15) is 0 Å². The van der Waals surface area contributed by atoms with Crippen LogP contribution in [0.15, 0.2) is 12.2 Å². The highest BCUT2D eigenvalue weighted by molar-refractivity contribution is 5.91. The van der Waals surface area contributed by atoms with Crippen LogP contribution in [0.4, 0.5) is 0 Å². The van der Waals surface area contributed by atoms with Crippen LogP contribution in [0.25, 0.3) is 0 Å². The molecular formula is C13H20O5. The second kappa shape index (κ2) is 7.16. The van der Waals surface area contributed by atoms with Crippen LogP contribution in [0.2, 0.25) is 0 Å². The monoisotopic (exact) mass is 256 g/mol. The van der Waals surface area contributed by atoms with E-state index in [1.54, 1.807) is 7.11 Å². The zero-order valence-corrected chi connectivity index (χ0v) is 10.7. The second-order valence-electron chi connectivity index (χ2n) is 4.65. The number of methoxy groups -OCH3 is 1. The largest absolute Gasteiger partial charge is 0.478 e. The maximum absolute atomic E-state index is 11.3. The maximum Gasteiger partial charge on any atom is 0.331 e. The average Bonchev–Trinajstić information content (AvgIpc) is 2.36. The summed E-state index contributed by atoms with van der Waals surface area (Å²) in [6.45, 7) is 3.66. The third kappa shape index (κ3) is 4.87. The number of esters is 1. The van der Waals surface area contributed by atoms with Crippen molar-refractivity contribution in [3.8, 4) is 0 Å². The number of rotatable bonds is 6. The fourth-order valence-electron chi connectivity index (χ4n) is 2.05. The molecule has 1 saturated carbocycles. The number of carboxylic acid groups (broad SMARTS) is 1. The molecule has 0 aromatic rings. The van der Waals surface area contributed by atoms with E-state index in [0.29, 0.717) is 18.6 Å². The fourth-order valence-corrected chi connectivity index (χ4v) is 2.05. The number of carboxylic acids is 1. The summed E-state index contributed by atoms with van der Waals surface area (Å²) in [6, 6.07) is 0. The van der Waals surface area contributed by atoms with Crippen molar-refractivity contribution in [2.45, 2.75) is 38.2 Å². The van der Waals surface area contributed by atoms with E-state index in [-0.39, 0.29) is 12.0 Å². The van der Waals surface area contributed by atoms with Crippen molar-refractivity contribution in [1.29, 1.82) is 0 Å². The minimum atomic E-state index is -1.16. The van der Waals surface area contributed by atoms with E-state index in [4.69, 9.17) is 14.6 Å². The number of carbonyl (C=O) groups is 2. The zero-order chi connectivity index (χ0) is 13.5. The molecule has 0 saturated heterocycles. The molecule has 1 fully saturated rings. The zero-order valence-electron chi connectivity index (χ0n) is 10.7. The molecule has 0 spiro atoms. The van der Waals surface area contributed by atoms with Crippen molar-refractivity contribution >= 4 is 11.9 Å². The first kappa shape index (κ1) is 14.7. The Labute approximate surface area is 107 Å². The Bertz CT molecular complexity index is 315. The van der Waals surface area contributed by atoms with Crippen molar-refractivity contribution in [2.75, 3.05) is 13.7 Å². The molecule has 0 heterocycles. The fraction of sp³-hybridized carbons (Fsp3) is 0.692. The van der Waals surface area contributed by atoms with Gasteiger partial charge < -0.3 is 14.6 Å². The second-order valence-corrected chi connectivity index (χ2v) is 4.65. The number of hydrogen-bond donors (Lipinski definition) is 1. The van der Waals surface area contributed by atoms with Crippen LogP contribution in [0.1, 0.15) is 32.1 Å². The van der Waals surface area contributed by atoms with Gasteiger partial charge in [0.2, 0.25) is 0 Å². The van der Waals surface area contributed by atoms with Gasteiger partial charge in [-0.25, -0.2) is 4.79 Å². The van der Waals surface area contributed by atoms with Gasteiger partial charge in [-0.1, -0.05) is 6.58 Å². The summed E-state index contributed by atoms with van der Waals surface area (Å²) in [5.74, 6) is -1.32. The van der Waals surface area contributed by atoms with Crippen molar-refractivity contribution in [3.63, 3.8) is 0 Å². The maximum atomic E-state index is 11.3. The summed E-state index contributed by atoms with van der Waals surface area (Å²) < 4.78 is 10.3. The Kier molecular flexibility index (Phi) is 5.85. The third-order valence-electron chi connectivity index (χ3n) is 3.27. The Morgan fingerprint density at radius 2 is 1.89 bits per heavy atom. The molecular weight excluding hydrogens is 236 g/mol. The molecule has 102 valence electrons. The summed E-state index contributed by atoms with van der Waals surface area (Å²) in [7, 11) is 1.71. The van der Waals surface area contributed by atoms with E-state index in [1.807, 2.05) is 0 Å². The standard InChI is InChI=1S/C13H20O5/c1-9(13(15)16)7-12(14)18-8-10-3-5-11(17-2)6-4-10/h10-11H,1,3-8H2,2H3,(H,15,16). The highest BCUT2D eigenvalue weighted by Gasteiger charge is 2.22. The van der Waals surface area contributed by atoms with Crippen molar-refractivity contribution < 1.29 is 24.2 Å². The Morgan fingerprint density at radius 3 is 2.39 bits per heavy atom. The first-order valence-corrected chi connectivity index (χ1v) is 6.12. The quantitative estimate of drug-likeness (QED) is 0.579. The molecule has 0 atom stereocenters. The van der Waals surface area contributed by atoms with Gasteiger partial charge >= 0.3 is 11.9 Å². The SMILES string of the molecule is C=C(CC(=O)OCC1CCC(OC)CC1)C(=O)O. The molecule has 0 amide bonds. The van der Waals surface area contributed by atoms with Gasteiger partial charge in [-0.3, -0.25) is 4.79 Å². The Balaban J connectivity index is 2.19. The van der Waals surface area contributed by atoms with Crippen LogP contribution < -0.4 is 0 Å². The van der Waals surface area contributed by atoms with E-state index in [1.165, 1.54) is 0 Å². The smallest absolute Gasteiger partial charge is 0.331 e. The first-order valence-electron chi connectivity index (χ1n) is 6.12. The molecule has 0 unspecified atom stereocenters. The van der Waals surface area contributed by atoms with Crippen LogP contribution in [0, 0.1) is 5.92 Å². The Hall–Kier alpha value is -1.36. The molecule has 0 bridgehead atoms.